The number of rotatable bonds is 6. The highest BCUT2D eigenvalue weighted by atomic mass is 127. The zero-order chi connectivity index (χ0) is 19.2. The third kappa shape index (κ3) is 7.06. The van der Waals surface area contributed by atoms with E-state index in [-0.39, 0.29) is 36.3 Å². The Hall–Kier alpha value is -1.75. The lowest BCUT2D eigenvalue weighted by molar-refractivity contribution is 0.592. The van der Waals surface area contributed by atoms with Gasteiger partial charge in [0.25, 0.3) is 0 Å². The van der Waals surface area contributed by atoms with Gasteiger partial charge in [0, 0.05) is 19.0 Å². The first kappa shape index (κ1) is 23.3. The molecule has 2 rings (SSSR count). The molecule has 6 nitrogen and oxygen atoms in total. The van der Waals surface area contributed by atoms with Crippen LogP contribution in [0.1, 0.15) is 23.7 Å². The minimum Gasteiger partial charge on any atom is -0.357 e. The van der Waals surface area contributed by atoms with Crippen molar-refractivity contribution in [2.45, 2.75) is 31.8 Å². The van der Waals surface area contributed by atoms with Crippen LogP contribution in [0.5, 0.6) is 0 Å². The molecule has 1 aromatic carbocycles. The van der Waals surface area contributed by atoms with Crippen LogP contribution in [0, 0.1) is 12.7 Å². The van der Waals surface area contributed by atoms with E-state index in [9.17, 15) is 12.8 Å². The van der Waals surface area contributed by atoms with E-state index >= 15 is 0 Å². The number of aryl methyl sites for hydroxylation is 1. The molecule has 148 valence electrons. The van der Waals surface area contributed by atoms with Gasteiger partial charge in [-0.2, -0.15) is 0 Å². The number of halogens is 2. The Labute approximate surface area is 176 Å². The SMILES string of the molecule is CCNC(=NCc1ccc(S(C)(=O)=O)c(C)c1)NCc1ncccc1F.I. The summed E-state index contributed by atoms with van der Waals surface area (Å²) in [6, 6.07) is 8.05. The molecule has 2 N–H and O–H groups in total. The Morgan fingerprint density at radius 3 is 2.59 bits per heavy atom. The number of benzene rings is 1. The number of aliphatic imine (C=N–C) groups is 1. The van der Waals surface area contributed by atoms with E-state index in [4.69, 9.17) is 0 Å². The maximum atomic E-state index is 13.6. The zero-order valence-corrected chi connectivity index (χ0v) is 18.6. The van der Waals surface area contributed by atoms with E-state index in [1.807, 2.05) is 13.0 Å². The zero-order valence-electron chi connectivity index (χ0n) is 15.5. The topological polar surface area (TPSA) is 83.5 Å². The van der Waals surface area contributed by atoms with Crippen LogP contribution in [0.3, 0.4) is 0 Å². The number of aromatic nitrogens is 1. The summed E-state index contributed by atoms with van der Waals surface area (Å²) in [6.07, 6.45) is 2.73. The number of hydrogen-bond donors (Lipinski definition) is 2. The van der Waals surface area contributed by atoms with Crippen molar-refractivity contribution in [1.82, 2.24) is 15.6 Å². The summed E-state index contributed by atoms with van der Waals surface area (Å²) in [4.78, 5) is 8.77. The first-order valence-corrected chi connectivity index (χ1v) is 10.1. The van der Waals surface area contributed by atoms with Gasteiger partial charge in [0.2, 0.25) is 0 Å². The average Bonchev–Trinajstić information content (AvgIpc) is 2.57. The van der Waals surface area contributed by atoms with Crippen molar-refractivity contribution in [2.24, 2.45) is 4.99 Å². The summed E-state index contributed by atoms with van der Waals surface area (Å²) in [5.74, 6) is 0.158. The van der Waals surface area contributed by atoms with Crippen molar-refractivity contribution in [1.29, 1.82) is 0 Å². The van der Waals surface area contributed by atoms with Gasteiger partial charge in [-0.05, 0) is 43.2 Å². The molecule has 0 saturated heterocycles. The summed E-state index contributed by atoms with van der Waals surface area (Å²) < 4.78 is 37.0. The molecule has 9 heteroatoms. The Morgan fingerprint density at radius 2 is 2.00 bits per heavy atom. The van der Waals surface area contributed by atoms with Gasteiger partial charge in [-0.15, -0.1) is 24.0 Å². The number of nitrogens with one attached hydrogen (secondary N) is 2. The maximum absolute atomic E-state index is 13.6. The highest BCUT2D eigenvalue weighted by Crippen LogP contribution is 2.17. The van der Waals surface area contributed by atoms with Gasteiger partial charge in [0.1, 0.15) is 5.82 Å². The van der Waals surface area contributed by atoms with Gasteiger partial charge in [-0.25, -0.2) is 17.8 Å². The largest absolute Gasteiger partial charge is 0.357 e. The van der Waals surface area contributed by atoms with Crippen LogP contribution >= 0.6 is 24.0 Å². The molecule has 0 atom stereocenters. The lowest BCUT2D eigenvalue weighted by Gasteiger charge is -2.12. The Balaban J connectivity index is 0.00000364. The van der Waals surface area contributed by atoms with Gasteiger partial charge < -0.3 is 10.6 Å². The van der Waals surface area contributed by atoms with Crippen molar-refractivity contribution in [3.8, 4) is 0 Å². The Kier molecular flexibility index (Phi) is 9.10. The summed E-state index contributed by atoms with van der Waals surface area (Å²) >= 11 is 0. The molecule has 0 amide bonds. The van der Waals surface area contributed by atoms with Crippen molar-refractivity contribution in [3.63, 3.8) is 0 Å². The molecule has 0 saturated carbocycles. The van der Waals surface area contributed by atoms with Crippen LogP contribution in [0.2, 0.25) is 0 Å². The second-order valence-corrected chi connectivity index (χ2v) is 7.84. The van der Waals surface area contributed by atoms with E-state index in [2.05, 4.69) is 20.6 Å². The monoisotopic (exact) mass is 506 g/mol. The fourth-order valence-electron chi connectivity index (χ4n) is 2.45. The molecular formula is C18H24FIN4O2S. The van der Waals surface area contributed by atoms with Crippen molar-refractivity contribution in [2.75, 3.05) is 12.8 Å². The fraction of sp³-hybridized carbons (Fsp3) is 0.333. The van der Waals surface area contributed by atoms with Crippen LogP contribution in [-0.2, 0) is 22.9 Å². The molecule has 1 aromatic heterocycles. The summed E-state index contributed by atoms with van der Waals surface area (Å²) in [7, 11) is -3.24. The molecule has 0 spiro atoms. The lowest BCUT2D eigenvalue weighted by atomic mass is 10.1. The molecule has 0 bridgehead atoms. The van der Waals surface area contributed by atoms with Gasteiger partial charge in [0.15, 0.2) is 15.8 Å². The highest BCUT2D eigenvalue weighted by Gasteiger charge is 2.11. The second kappa shape index (κ2) is 10.5. The van der Waals surface area contributed by atoms with E-state index in [1.54, 1.807) is 25.1 Å². The highest BCUT2D eigenvalue weighted by molar-refractivity contribution is 14.0. The Bertz CT molecular complexity index is 904. The Morgan fingerprint density at radius 1 is 1.26 bits per heavy atom. The third-order valence-corrected chi connectivity index (χ3v) is 4.92. The summed E-state index contributed by atoms with van der Waals surface area (Å²) in [5, 5.41) is 6.12. The molecule has 1 heterocycles. The first-order valence-electron chi connectivity index (χ1n) is 8.22. The molecule has 0 radical (unpaired) electrons. The maximum Gasteiger partial charge on any atom is 0.191 e. The standard InChI is InChI=1S/C18H23FN4O2S.HI/c1-4-20-18(23-12-16-15(19)6-5-9-21-16)22-11-14-7-8-17(13(2)10-14)26(3,24)25;/h5-10H,4,11-12H2,1-3H3,(H2,20,22,23);1H. The smallest absolute Gasteiger partial charge is 0.191 e. The molecular weight excluding hydrogens is 482 g/mol. The quantitative estimate of drug-likeness (QED) is 0.358. The molecule has 0 aliphatic heterocycles. The fourth-order valence-corrected chi connectivity index (χ4v) is 3.41. The van der Waals surface area contributed by atoms with Crippen molar-refractivity contribution < 1.29 is 12.8 Å². The lowest BCUT2D eigenvalue weighted by Crippen LogP contribution is -2.37. The van der Waals surface area contributed by atoms with E-state index < -0.39 is 9.84 Å². The van der Waals surface area contributed by atoms with Gasteiger partial charge in [-0.3, -0.25) is 4.98 Å². The number of pyridine rings is 1. The number of hydrogen-bond acceptors (Lipinski definition) is 4. The van der Waals surface area contributed by atoms with Crippen LogP contribution in [0.25, 0.3) is 0 Å². The number of sulfone groups is 1. The van der Waals surface area contributed by atoms with Crippen LogP contribution in [0.4, 0.5) is 4.39 Å². The van der Waals surface area contributed by atoms with E-state index in [0.717, 1.165) is 5.56 Å². The van der Waals surface area contributed by atoms with Crippen molar-refractivity contribution >= 4 is 39.8 Å². The molecule has 0 unspecified atom stereocenters. The van der Waals surface area contributed by atoms with Crippen LogP contribution < -0.4 is 10.6 Å². The number of guanidine groups is 1. The second-order valence-electron chi connectivity index (χ2n) is 5.85. The predicted octanol–water partition coefficient (Wildman–Crippen LogP) is 2.81. The molecule has 2 aromatic rings. The molecule has 0 aliphatic rings. The van der Waals surface area contributed by atoms with Crippen molar-refractivity contribution in [3.05, 3.63) is 59.2 Å². The normalized spacial score (nSPS) is 11.6. The molecule has 0 aliphatic carbocycles. The van der Waals surface area contributed by atoms with Gasteiger partial charge in [-0.1, -0.05) is 12.1 Å². The summed E-state index contributed by atoms with van der Waals surface area (Å²) in [6.45, 7) is 4.93. The van der Waals surface area contributed by atoms with Crippen LogP contribution in [0.15, 0.2) is 46.4 Å². The van der Waals surface area contributed by atoms with Gasteiger partial charge in [0.05, 0.1) is 23.7 Å². The van der Waals surface area contributed by atoms with E-state index in [0.29, 0.717) is 35.2 Å². The predicted molar refractivity (Wildman–Crippen MR) is 116 cm³/mol. The average molecular weight is 506 g/mol. The minimum atomic E-state index is -3.24. The molecule has 27 heavy (non-hydrogen) atoms. The first-order chi connectivity index (χ1) is 12.3. The summed E-state index contributed by atoms with van der Waals surface area (Å²) in [5.41, 5.74) is 1.89. The van der Waals surface area contributed by atoms with Crippen LogP contribution in [-0.4, -0.2) is 32.2 Å². The van der Waals surface area contributed by atoms with E-state index in [1.165, 1.54) is 18.5 Å². The molecule has 0 fully saturated rings. The van der Waals surface area contributed by atoms with Gasteiger partial charge >= 0.3 is 0 Å². The number of nitrogens with zero attached hydrogens (tertiary/aromatic N) is 2. The minimum absolute atomic E-state index is 0. The third-order valence-electron chi connectivity index (χ3n) is 3.66.